The van der Waals surface area contributed by atoms with Crippen molar-refractivity contribution in [3.8, 4) is 11.4 Å². The lowest BCUT2D eigenvalue weighted by Gasteiger charge is -2.35. The molecule has 1 aromatic heterocycles. The zero-order valence-corrected chi connectivity index (χ0v) is 19.0. The number of ether oxygens (including phenoxy) is 2. The number of carbonyl (C=O) groups is 1. The molecular formula is C23H26N6O5. The van der Waals surface area contributed by atoms with Crippen LogP contribution in [0.1, 0.15) is 27.8 Å². The summed E-state index contributed by atoms with van der Waals surface area (Å²) in [7, 11) is 1.62. The van der Waals surface area contributed by atoms with Gasteiger partial charge in [-0.3, -0.25) is 19.8 Å². The molecule has 11 heteroatoms. The van der Waals surface area contributed by atoms with Gasteiger partial charge in [-0.25, -0.2) is 4.68 Å². The van der Waals surface area contributed by atoms with E-state index in [1.165, 1.54) is 16.8 Å². The summed E-state index contributed by atoms with van der Waals surface area (Å²) in [5, 5.41) is 22.2. The van der Waals surface area contributed by atoms with E-state index in [9.17, 15) is 14.9 Å². The highest BCUT2D eigenvalue weighted by Gasteiger charge is 2.25. The lowest BCUT2D eigenvalue weighted by molar-refractivity contribution is -0.384. The van der Waals surface area contributed by atoms with E-state index >= 15 is 0 Å². The third-order valence-corrected chi connectivity index (χ3v) is 5.84. The number of amides is 1. The lowest BCUT2D eigenvalue weighted by Crippen LogP contribution is -2.44. The molecule has 0 bridgehead atoms. The standard InChI is InChI=1S/C23H26N6O5/c1-16-22(25-26-28(16)18-4-3-5-19(14-18)29(31)32)23(30)24-15-21(27-10-12-34-13-11-27)17-6-8-20(33-2)9-7-17/h3-9,14,21H,10-13,15H2,1-2H3,(H,24,30). The molecule has 2 aromatic carbocycles. The molecule has 0 spiro atoms. The molecule has 1 amide bonds. The summed E-state index contributed by atoms with van der Waals surface area (Å²) in [4.78, 5) is 25.9. The number of rotatable bonds is 8. The van der Waals surface area contributed by atoms with Crippen molar-refractivity contribution in [1.82, 2.24) is 25.2 Å². The first-order chi connectivity index (χ1) is 16.5. The Labute approximate surface area is 196 Å². The van der Waals surface area contributed by atoms with Gasteiger partial charge in [0.25, 0.3) is 11.6 Å². The molecule has 34 heavy (non-hydrogen) atoms. The molecule has 0 radical (unpaired) electrons. The average Bonchev–Trinajstić information content (AvgIpc) is 3.26. The van der Waals surface area contributed by atoms with E-state index in [4.69, 9.17) is 9.47 Å². The molecule has 11 nitrogen and oxygen atoms in total. The van der Waals surface area contributed by atoms with Crippen molar-refractivity contribution in [2.75, 3.05) is 40.0 Å². The summed E-state index contributed by atoms with van der Waals surface area (Å²) in [6.07, 6.45) is 0. The highest BCUT2D eigenvalue weighted by molar-refractivity contribution is 5.93. The molecule has 0 aliphatic carbocycles. The number of aromatic nitrogens is 3. The average molecular weight is 466 g/mol. The van der Waals surface area contributed by atoms with Crippen LogP contribution in [-0.2, 0) is 4.74 Å². The number of carbonyl (C=O) groups excluding carboxylic acids is 1. The number of nitro benzene ring substituents is 1. The zero-order chi connectivity index (χ0) is 24.1. The minimum atomic E-state index is -0.478. The fourth-order valence-corrected chi connectivity index (χ4v) is 3.97. The molecule has 1 saturated heterocycles. The summed E-state index contributed by atoms with van der Waals surface area (Å²) in [5.41, 5.74) is 2.11. The van der Waals surface area contributed by atoms with Gasteiger partial charge in [-0.1, -0.05) is 23.4 Å². The zero-order valence-electron chi connectivity index (χ0n) is 19.0. The number of hydrogen-bond donors (Lipinski definition) is 1. The van der Waals surface area contributed by atoms with Crippen molar-refractivity contribution in [1.29, 1.82) is 0 Å². The number of nitrogens with one attached hydrogen (secondary N) is 1. The largest absolute Gasteiger partial charge is 0.497 e. The Morgan fingerprint density at radius 2 is 1.97 bits per heavy atom. The molecule has 4 rings (SSSR count). The Kier molecular flexibility index (Phi) is 7.14. The Morgan fingerprint density at radius 1 is 1.24 bits per heavy atom. The molecular weight excluding hydrogens is 440 g/mol. The Morgan fingerprint density at radius 3 is 2.65 bits per heavy atom. The molecule has 1 aliphatic heterocycles. The van der Waals surface area contributed by atoms with Crippen LogP contribution in [0.2, 0.25) is 0 Å². The first-order valence-corrected chi connectivity index (χ1v) is 10.9. The van der Waals surface area contributed by atoms with Crippen molar-refractivity contribution in [2.45, 2.75) is 13.0 Å². The summed E-state index contributed by atoms with van der Waals surface area (Å²) in [6, 6.07) is 13.8. The Balaban J connectivity index is 1.51. The van der Waals surface area contributed by atoms with Gasteiger partial charge in [-0.2, -0.15) is 0 Å². The maximum absolute atomic E-state index is 13.0. The van der Waals surface area contributed by atoms with Gasteiger partial charge in [-0.15, -0.1) is 5.10 Å². The smallest absolute Gasteiger partial charge is 0.273 e. The Hall–Kier alpha value is -3.83. The molecule has 2 heterocycles. The number of morpholine rings is 1. The predicted octanol–water partition coefficient (Wildman–Crippen LogP) is 2.30. The number of benzene rings is 2. The van der Waals surface area contributed by atoms with Crippen LogP contribution in [0.15, 0.2) is 48.5 Å². The van der Waals surface area contributed by atoms with Crippen molar-refractivity contribution < 1.29 is 19.2 Å². The normalized spacial score (nSPS) is 15.0. The molecule has 1 N–H and O–H groups in total. The molecule has 0 saturated carbocycles. The van der Waals surface area contributed by atoms with Crippen molar-refractivity contribution in [3.63, 3.8) is 0 Å². The number of nitrogens with zero attached hydrogens (tertiary/aromatic N) is 5. The van der Waals surface area contributed by atoms with Crippen molar-refractivity contribution in [2.24, 2.45) is 0 Å². The number of non-ortho nitro benzene ring substituents is 1. The molecule has 178 valence electrons. The quantitative estimate of drug-likeness (QED) is 0.396. The highest BCUT2D eigenvalue weighted by Crippen LogP contribution is 2.24. The van der Waals surface area contributed by atoms with Crippen LogP contribution in [0.4, 0.5) is 5.69 Å². The number of hydrogen-bond acceptors (Lipinski definition) is 8. The van der Waals surface area contributed by atoms with E-state index in [1.807, 2.05) is 24.3 Å². The van der Waals surface area contributed by atoms with E-state index in [1.54, 1.807) is 26.2 Å². The van der Waals surface area contributed by atoms with Crippen LogP contribution in [0.3, 0.4) is 0 Å². The second kappa shape index (κ2) is 10.4. The van der Waals surface area contributed by atoms with Gasteiger partial charge in [0.1, 0.15) is 5.75 Å². The summed E-state index contributed by atoms with van der Waals surface area (Å²) in [5.74, 6) is 0.405. The van der Waals surface area contributed by atoms with Gasteiger partial charge in [0.05, 0.1) is 42.7 Å². The maximum atomic E-state index is 13.0. The minimum Gasteiger partial charge on any atom is -0.497 e. The van der Waals surface area contributed by atoms with Gasteiger partial charge in [0.2, 0.25) is 0 Å². The highest BCUT2D eigenvalue weighted by atomic mass is 16.6. The third kappa shape index (κ3) is 5.05. The predicted molar refractivity (Wildman–Crippen MR) is 123 cm³/mol. The second-order valence-corrected chi connectivity index (χ2v) is 7.86. The van der Waals surface area contributed by atoms with E-state index < -0.39 is 4.92 Å². The molecule has 1 fully saturated rings. The fourth-order valence-electron chi connectivity index (χ4n) is 3.97. The number of methoxy groups -OCH3 is 1. The maximum Gasteiger partial charge on any atom is 0.273 e. The molecule has 3 aromatic rings. The van der Waals surface area contributed by atoms with Crippen LogP contribution < -0.4 is 10.1 Å². The Bertz CT molecular complexity index is 1160. The van der Waals surface area contributed by atoms with Gasteiger partial charge in [0, 0.05) is 31.8 Å². The van der Waals surface area contributed by atoms with E-state index in [0.717, 1.165) is 24.4 Å². The number of nitro groups is 1. The van der Waals surface area contributed by atoms with Crippen LogP contribution in [0.25, 0.3) is 5.69 Å². The first-order valence-electron chi connectivity index (χ1n) is 10.9. The van der Waals surface area contributed by atoms with E-state index in [0.29, 0.717) is 31.1 Å². The minimum absolute atomic E-state index is 0.0501. The van der Waals surface area contributed by atoms with Gasteiger partial charge in [0.15, 0.2) is 5.69 Å². The van der Waals surface area contributed by atoms with Crippen molar-refractivity contribution >= 4 is 11.6 Å². The molecule has 1 unspecified atom stereocenters. The molecule has 1 atom stereocenters. The SMILES string of the molecule is COc1ccc(C(CNC(=O)c2nnn(-c3cccc([N+](=O)[O-])c3)c2C)N2CCOCC2)cc1. The summed E-state index contributed by atoms with van der Waals surface area (Å²) in [6.45, 7) is 4.86. The summed E-state index contributed by atoms with van der Waals surface area (Å²) >= 11 is 0. The third-order valence-electron chi connectivity index (χ3n) is 5.84. The van der Waals surface area contributed by atoms with Crippen LogP contribution in [0.5, 0.6) is 5.75 Å². The van der Waals surface area contributed by atoms with Gasteiger partial charge >= 0.3 is 0 Å². The van der Waals surface area contributed by atoms with Crippen LogP contribution in [-0.4, -0.2) is 70.7 Å². The monoisotopic (exact) mass is 466 g/mol. The van der Waals surface area contributed by atoms with E-state index in [2.05, 4.69) is 20.5 Å². The van der Waals surface area contributed by atoms with Gasteiger partial charge < -0.3 is 14.8 Å². The van der Waals surface area contributed by atoms with E-state index in [-0.39, 0.29) is 23.3 Å². The van der Waals surface area contributed by atoms with Gasteiger partial charge in [-0.05, 0) is 30.7 Å². The fraction of sp³-hybridized carbons (Fsp3) is 0.348. The lowest BCUT2D eigenvalue weighted by atomic mass is 10.0. The molecule has 1 aliphatic rings. The summed E-state index contributed by atoms with van der Waals surface area (Å²) < 4.78 is 12.2. The topological polar surface area (TPSA) is 125 Å². The van der Waals surface area contributed by atoms with Crippen LogP contribution in [0, 0.1) is 17.0 Å². The van der Waals surface area contributed by atoms with Crippen molar-refractivity contribution in [3.05, 3.63) is 75.6 Å². The second-order valence-electron chi connectivity index (χ2n) is 7.86. The first kappa shape index (κ1) is 23.3. The van der Waals surface area contributed by atoms with Crippen LogP contribution >= 0.6 is 0 Å².